The molecule has 86 valence electrons. The van der Waals surface area contributed by atoms with Crippen LogP contribution < -0.4 is 0 Å². The average molecular weight is 218 g/mol. The van der Waals surface area contributed by atoms with Crippen LogP contribution in [0.5, 0.6) is 0 Å². The summed E-state index contributed by atoms with van der Waals surface area (Å²) in [5.41, 5.74) is 2.74. The van der Waals surface area contributed by atoms with Gasteiger partial charge in [-0.05, 0) is 37.3 Å². The predicted molar refractivity (Wildman–Crippen MR) is 63.6 cm³/mol. The molecule has 0 amide bonds. The number of carbonyl (C=O) groups is 1. The van der Waals surface area contributed by atoms with Gasteiger partial charge in [0.25, 0.3) is 0 Å². The molecule has 1 unspecified atom stereocenters. The molecule has 0 fully saturated rings. The zero-order valence-corrected chi connectivity index (χ0v) is 9.90. The third-order valence-corrected chi connectivity index (χ3v) is 3.01. The quantitative estimate of drug-likeness (QED) is 0.759. The lowest BCUT2D eigenvalue weighted by molar-refractivity contribution is -0.125. The predicted octanol–water partition coefficient (Wildman–Crippen LogP) is 2.71. The average Bonchev–Trinajstić information content (AvgIpc) is 2.23. The Labute approximate surface area is 96.6 Å². The molecule has 0 radical (unpaired) electrons. The SMILES string of the molecule is CC(C)OCC(=O)CC1Cc2ccccc21. The first-order valence-corrected chi connectivity index (χ1v) is 5.88. The molecule has 1 aliphatic rings. The van der Waals surface area contributed by atoms with E-state index in [4.69, 9.17) is 4.74 Å². The van der Waals surface area contributed by atoms with Gasteiger partial charge in [0.05, 0.1) is 6.10 Å². The van der Waals surface area contributed by atoms with Crippen molar-refractivity contribution in [3.63, 3.8) is 0 Å². The van der Waals surface area contributed by atoms with Crippen molar-refractivity contribution in [2.75, 3.05) is 6.61 Å². The van der Waals surface area contributed by atoms with Gasteiger partial charge in [0, 0.05) is 6.42 Å². The van der Waals surface area contributed by atoms with Crippen LogP contribution in [0.2, 0.25) is 0 Å². The number of rotatable bonds is 5. The van der Waals surface area contributed by atoms with E-state index in [1.165, 1.54) is 11.1 Å². The largest absolute Gasteiger partial charge is 0.371 e. The van der Waals surface area contributed by atoms with Gasteiger partial charge in [-0.15, -0.1) is 0 Å². The molecule has 2 nitrogen and oxygen atoms in total. The number of benzene rings is 1. The van der Waals surface area contributed by atoms with Gasteiger partial charge in [-0.25, -0.2) is 0 Å². The van der Waals surface area contributed by atoms with Crippen LogP contribution in [-0.2, 0) is 16.0 Å². The third-order valence-electron chi connectivity index (χ3n) is 3.01. The first-order valence-electron chi connectivity index (χ1n) is 5.88. The molecule has 2 heteroatoms. The molecule has 0 saturated carbocycles. The minimum Gasteiger partial charge on any atom is -0.371 e. The van der Waals surface area contributed by atoms with Crippen LogP contribution >= 0.6 is 0 Å². The smallest absolute Gasteiger partial charge is 0.159 e. The minimum absolute atomic E-state index is 0.137. The third kappa shape index (κ3) is 2.50. The Hall–Kier alpha value is -1.15. The van der Waals surface area contributed by atoms with Gasteiger partial charge in [0.1, 0.15) is 6.61 Å². The second kappa shape index (κ2) is 4.79. The van der Waals surface area contributed by atoms with Gasteiger partial charge in [-0.3, -0.25) is 4.79 Å². The summed E-state index contributed by atoms with van der Waals surface area (Å²) in [6.07, 6.45) is 1.81. The van der Waals surface area contributed by atoms with Crippen LogP contribution in [0.1, 0.15) is 37.3 Å². The van der Waals surface area contributed by atoms with Gasteiger partial charge in [-0.2, -0.15) is 0 Å². The fraction of sp³-hybridized carbons (Fsp3) is 0.500. The summed E-state index contributed by atoms with van der Waals surface area (Å²) in [6, 6.07) is 8.36. The molecule has 0 spiro atoms. The molecular formula is C14H18O2. The first-order chi connectivity index (χ1) is 7.66. The molecule has 2 rings (SSSR count). The van der Waals surface area contributed by atoms with Crippen LogP contribution in [0.25, 0.3) is 0 Å². The van der Waals surface area contributed by atoms with E-state index in [9.17, 15) is 4.79 Å². The number of Topliss-reactive ketones (excluding diaryl/α,β-unsaturated/α-hetero) is 1. The standard InChI is InChI=1S/C14H18O2/c1-10(2)16-9-13(15)8-12-7-11-5-3-4-6-14(11)12/h3-6,10,12H,7-9H2,1-2H3. The second-order valence-electron chi connectivity index (χ2n) is 4.70. The fourth-order valence-corrected chi connectivity index (χ4v) is 2.14. The highest BCUT2D eigenvalue weighted by atomic mass is 16.5. The van der Waals surface area contributed by atoms with Crippen molar-refractivity contribution in [1.29, 1.82) is 0 Å². The molecule has 1 atom stereocenters. The summed E-state index contributed by atoms with van der Waals surface area (Å²) < 4.78 is 5.31. The molecule has 0 aromatic heterocycles. The topological polar surface area (TPSA) is 26.3 Å². The molecule has 1 aliphatic carbocycles. The number of fused-ring (bicyclic) bond motifs is 1. The second-order valence-corrected chi connectivity index (χ2v) is 4.70. The highest BCUT2D eigenvalue weighted by Gasteiger charge is 2.27. The minimum atomic E-state index is 0.137. The van der Waals surface area contributed by atoms with Gasteiger partial charge in [0.2, 0.25) is 0 Å². The van der Waals surface area contributed by atoms with Crippen molar-refractivity contribution in [1.82, 2.24) is 0 Å². The van der Waals surface area contributed by atoms with Crippen LogP contribution in [-0.4, -0.2) is 18.5 Å². The van der Waals surface area contributed by atoms with E-state index >= 15 is 0 Å². The molecule has 1 aromatic rings. The number of ether oxygens (including phenoxy) is 1. The van der Waals surface area contributed by atoms with E-state index < -0.39 is 0 Å². The zero-order valence-electron chi connectivity index (χ0n) is 9.90. The zero-order chi connectivity index (χ0) is 11.5. The van der Waals surface area contributed by atoms with Crippen LogP contribution in [0, 0.1) is 0 Å². The molecule has 1 aromatic carbocycles. The Morgan fingerprint density at radius 2 is 2.19 bits per heavy atom. The highest BCUT2D eigenvalue weighted by Crippen LogP contribution is 2.37. The van der Waals surface area contributed by atoms with Gasteiger partial charge < -0.3 is 4.74 Å². The summed E-state index contributed by atoms with van der Waals surface area (Å²) >= 11 is 0. The van der Waals surface area contributed by atoms with Crippen LogP contribution in [0.3, 0.4) is 0 Å². The highest BCUT2D eigenvalue weighted by molar-refractivity contribution is 5.81. The van der Waals surface area contributed by atoms with Crippen molar-refractivity contribution < 1.29 is 9.53 Å². The maximum atomic E-state index is 11.6. The van der Waals surface area contributed by atoms with E-state index in [1.54, 1.807) is 0 Å². The lowest BCUT2D eigenvalue weighted by Crippen LogP contribution is -2.22. The number of carbonyl (C=O) groups excluding carboxylic acids is 1. The molecule has 0 saturated heterocycles. The molecule has 0 bridgehead atoms. The van der Waals surface area contributed by atoms with E-state index in [-0.39, 0.29) is 18.5 Å². The van der Waals surface area contributed by atoms with Crippen LogP contribution in [0.4, 0.5) is 0 Å². The normalized spacial score (nSPS) is 18.1. The van der Waals surface area contributed by atoms with E-state index in [0.717, 1.165) is 6.42 Å². The van der Waals surface area contributed by atoms with Crippen molar-refractivity contribution >= 4 is 5.78 Å². The number of ketones is 1. The molecule has 0 N–H and O–H groups in total. The van der Waals surface area contributed by atoms with Gasteiger partial charge in [-0.1, -0.05) is 24.3 Å². The lowest BCUT2D eigenvalue weighted by Gasteiger charge is -2.29. The molecular weight excluding hydrogens is 200 g/mol. The first kappa shape index (κ1) is 11.3. The Bertz CT molecular complexity index is 382. The monoisotopic (exact) mass is 218 g/mol. The maximum Gasteiger partial charge on any atom is 0.159 e. The molecule has 0 heterocycles. The molecule has 0 aliphatic heterocycles. The Kier molecular flexibility index (Phi) is 3.39. The summed E-state index contributed by atoms with van der Waals surface area (Å²) in [4.78, 5) is 11.6. The van der Waals surface area contributed by atoms with Crippen LogP contribution in [0.15, 0.2) is 24.3 Å². The lowest BCUT2D eigenvalue weighted by atomic mass is 9.75. The number of hydrogen-bond acceptors (Lipinski definition) is 2. The van der Waals surface area contributed by atoms with Crippen molar-refractivity contribution in [2.24, 2.45) is 0 Å². The van der Waals surface area contributed by atoms with E-state index in [1.807, 2.05) is 19.9 Å². The Morgan fingerprint density at radius 3 is 2.88 bits per heavy atom. The Balaban J connectivity index is 1.83. The summed E-state index contributed by atoms with van der Waals surface area (Å²) in [7, 11) is 0. The summed E-state index contributed by atoms with van der Waals surface area (Å²) in [5, 5.41) is 0. The summed E-state index contributed by atoms with van der Waals surface area (Å²) in [6.45, 7) is 4.16. The molecule has 16 heavy (non-hydrogen) atoms. The number of hydrogen-bond donors (Lipinski definition) is 0. The van der Waals surface area contributed by atoms with Crippen molar-refractivity contribution in [3.05, 3.63) is 35.4 Å². The van der Waals surface area contributed by atoms with Gasteiger partial charge in [0.15, 0.2) is 5.78 Å². The van der Waals surface area contributed by atoms with Gasteiger partial charge >= 0.3 is 0 Å². The Morgan fingerprint density at radius 1 is 1.44 bits per heavy atom. The fourth-order valence-electron chi connectivity index (χ4n) is 2.14. The maximum absolute atomic E-state index is 11.6. The summed E-state index contributed by atoms with van der Waals surface area (Å²) in [5.74, 6) is 0.646. The van der Waals surface area contributed by atoms with Crippen molar-refractivity contribution in [3.8, 4) is 0 Å². The van der Waals surface area contributed by atoms with Crippen molar-refractivity contribution in [2.45, 2.75) is 38.7 Å². The van der Waals surface area contributed by atoms with E-state index in [0.29, 0.717) is 12.3 Å². The van der Waals surface area contributed by atoms with E-state index in [2.05, 4.69) is 18.2 Å².